The molecule has 13 heteroatoms. The molecule has 2 fully saturated rings. The second kappa shape index (κ2) is 15.7. The van der Waals surface area contributed by atoms with Crippen molar-refractivity contribution < 1.29 is 19.1 Å². The molecule has 1 spiro atoms. The van der Waals surface area contributed by atoms with Crippen LogP contribution in [-0.2, 0) is 34.5 Å². The number of benzene rings is 1. The van der Waals surface area contributed by atoms with Gasteiger partial charge in [0, 0.05) is 44.3 Å². The zero-order chi connectivity index (χ0) is 37.1. The van der Waals surface area contributed by atoms with Crippen LogP contribution in [0.1, 0.15) is 69.0 Å². The molecule has 0 unspecified atom stereocenters. The lowest BCUT2D eigenvalue weighted by molar-refractivity contribution is -0.144. The molecule has 3 aromatic heterocycles. The third-order valence-corrected chi connectivity index (χ3v) is 11.1. The van der Waals surface area contributed by atoms with Crippen LogP contribution in [0.4, 0.5) is 5.82 Å². The Morgan fingerprint density at radius 3 is 2.34 bits per heavy atom. The van der Waals surface area contributed by atoms with Crippen molar-refractivity contribution in [3.8, 4) is 11.5 Å². The zero-order valence-corrected chi connectivity index (χ0v) is 31.9. The van der Waals surface area contributed by atoms with Crippen LogP contribution in [0.25, 0.3) is 11.0 Å². The number of ether oxygens (including phenoxy) is 2. The predicted molar refractivity (Wildman–Crippen MR) is 203 cm³/mol. The van der Waals surface area contributed by atoms with Gasteiger partial charge in [-0.2, -0.15) is 5.10 Å². The molecule has 0 atom stereocenters. The van der Waals surface area contributed by atoms with Crippen LogP contribution < -0.4 is 14.4 Å². The van der Waals surface area contributed by atoms with E-state index in [1.807, 2.05) is 66.8 Å². The number of hydrogen-bond acceptors (Lipinski definition) is 10. The molecule has 3 aliphatic rings. The molecule has 282 valence electrons. The first-order valence-corrected chi connectivity index (χ1v) is 19.3. The maximum absolute atomic E-state index is 14.1. The van der Waals surface area contributed by atoms with Crippen molar-refractivity contribution in [3.05, 3.63) is 65.4 Å². The fraction of sp³-hybridized carbons (Fsp3) is 0.550. The quantitative estimate of drug-likeness (QED) is 0.221. The van der Waals surface area contributed by atoms with Gasteiger partial charge in [0.05, 0.1) is 49.1 Å². The summed E-state index contributed by atoms with van der Waals surface area (Å²) in [5.41, 5.74) is 4.65. The molecular weight excluding hydrogens is 670 g/mol. The van der Waals surface area contributed by atoms with Crippen molar-refractivity contribution in [1.82, 2.24) is 39.4 Å². The lowest BCUT2D eigenvalue weighted by atomic mass is 9.68. The first-order valence-electron chi connectivity index (χ1n) is 19.3. The smallest absolute Gasteiger partial charge is 0.237 e. The number of hydrogen-bond donors (Lipinski definition) is 0. The number of pyridine rings is 1. The van der Waals surface area contributed by atoms with Gasteiger partial charge in [-0.15, -0.1) is 0 Å². The summed E-state index contributed by atoms with van der Waals surface area (Å²) < 4.78 is 13.9. The van der Waals surface area contributed by atoms with Gasteiger partial charge >= 0.3 is 0 Å². The summed E-state index contributed by atoms with van der Waals surface area (Å²) in [7, 11) is 3.87. The maximum atomic E-state index is 14.1. The molecule has 5 heterocycles. The first-order chi connectivity index (χ1) is 25.7. The number of nitrogens with zero attached hydrogens (tertiary/aromatic N) is 9. The van der Waals surface area contributed by atoms with E-state index in [0.29, 0.717) is 59.0 Å². The van der Waals surface area contributed by atoms with E-state index in [2.05, 4.69) is 43.9 Å². The minimum atomic E-state index is -0.482. The highest BCUT2D eigenvalue weighted by molar-refractivity contribution is 5.87. The first kappa shape index (κ1) is 36.6. The molecule has 1 saturated carbocycles. The number of carbonyl (C=O) groups excluding carboxylic acids is 2. The minimum absolute atomic E-state index is 0.0822. The predicted octanol–water partition coefficient (Wildman–Crippen LogP) is 4.31. The van der Waals surface area contributed by atoms with Crippen LogP contribution in [-0.4, -0.2) is 118 Å². The molecule has 0 N–H and O–H groups in total. The highest BCUT2D eigenvalue weighted by Gasteiger charge is 2.49. The Morgan fingerprint density at radius 1 is 0.925 bits per heavy atom. The zero-order valence-electron chi connectivity index (χ0n) is 31.9. The molecule has 53 heavy (non-hydrogen) atoms. The Morgan fingerprint density at radius 2 is 1.64 bits per heavy atom. The monoisotopic (exact) mass is 723 g/mol. The lowest BCUT2D eigenvalue weighted by Crippen LogP contribution is -2.57. The minimum Gasteiger partial charge on any atom is -0.490 e. The summed E-state index contributed by atoms with van der Waals surface area (Å²) in [5.74, 6) is 2.58. The molecule has 4 aromatic rings. The van der Waals surface area contributed by atoms with E-state index in [4.69, 9.17) is 14.5 Å². The summed E-state index contributed by atoms with van der Waals surface area (Å²) >= 11 is 0. The fourth-order valence-corrected chi connectivity index (χ4v) is 8.58. The van der Waals surface area contributed by atoms with Crippen molar-refractivity contribution in [3.63, 3.8) is 0 Å². The van der Waals surface area contributed by atoms with E-state index < -0.39 is 5.54 Å². The number of likely N-dealkylation sites (N-methyl/N-ethyl adjacent to an activating group) is 1. The molecular formula is C40H53N9O4. The lowest BCUT2D eigenvalue weighted by Gasteiger charge is -2.52. The topological polar surface area (TPSA) is 122 Å². The van der Waals surface area contributed by atoms with E-state index in [1.165, 1.54) is 5.56 Å². The van der Waals surface area contributed by atoms with E-state index in [-0.39, 0.29) is 17.7 Å². The Labute approximate surface area is 312 Å². The highest BCUT2D eigenvalue weighted by Crippen LogP contribution is 2.50. The molecule has 0 bridgehead atoms. The summed E-state index contributed by atoms with van der Waals surface area (Å²) in [6.45, 7) is 11.3. The maximum Gasteiger partial charge on any atom is 0.237 e. The van der Waals surface area contributed by atoms with E-state index in [0.717, 1.165) is 83.8 Å². The number of fused-ring (bicyclic) bond motifs is 3. The number of rotatable bonds is 11. The van der Waals surface area contributed by atoms with Gasteiger partial charge < -0.3 is 29.1 Å². The summed E-state index contributed by atoms with van der Waals surface area (Å²) in [6, 6.07) is 10.3. The van der Waals surface area contributed by atoms with Crippen molar-refractivity contribution in [1.29, 1.82) is 0 Å². The van der Waals surface area contributed by atoms with Crippen LogP contribution in [0.15, 0.2) is 42.9 Å². The molecule has 2 amide bonds. The number of carbonyl (C=O) groups is 2. The van der Waals surface area contributed by atoms with Gasteiger partial charge in [0.15, 0.2) is 17.1 Å². The van der Waals surface area contributed by atoms with Gasteiger partial charge in [-0.3, -0.25) is 14.6 Å². The van der Waals surface area contributed by atoms with Crippen molar-refractivity contribution in [2.75, 3.05) is 71.5 Å². The van der Waals surface area contributed by atoms with Crippen molar-refractivity contribution in [2.24, 2.45) is 5.92 Å². The second-order valence-corrected chi connectivity index (χ2v) is 14.7. The third kappa shape index (κ3) is 7.27. The van der Waals surface area contributed by atoms with Crippen LogP contribution in [0.5, 0.6) is 11.5 Å². The van der Waals surface area contributed by atoms with Gasteiger partial charge in [-0.1, -0.05) is 13.0 Å². The average Bonchev–Trinajstić information content (AvgIpc) is 3.58. The van der Waals surface area contributed by atoms with E-state index >= 15 is 0 Å². The van der Waals surface area contributed by atoms with Crippen LogP contribution in [0.3, 0.4) is 0 Å². The standard InChI is InChI=1S/C40H53N9O4/c1-6-30-10-9-11-31(44-30)25-49-38-32(24-43-49)37(41-27-42-38)46-18-20-47(21-19-46)39(51)28-12-15-40(16-13-28)33-23-35(53-8-3)34(52-7-2)22-29(33)14-17-48(40)36(50)26-45(4)5/h9-11,22-24,27-28H,6-8,12-21,25-26H2,1-5H3. The Hall–Kier alpha value is -4.78. The van der Waals surface area contributed by atoms with Crippen LogP contribution in [0, 0.1) is 5.92 Å². The number of amides is 2. The van der Waals surface area contributed by atoms with E-state index in [1.54, 1.807) is 6.33 Å². The van der Waals surface area contributed by atoms with E-state index in [9.17, 15) is 9.59 Å². The average molecular weight is 724 g/mol. The van der Waals surface area contributed by atoms with Gasteiger partial charge in [0.25, 0.3) is 0 Å². The molecule has 1 aliphatic carbocycles. The van der Waals surface area contributed by atoms with Gasteiger partial charge in [-0.25, -0.2) is 14.6 Å². The molecule has 1 saturated heterocycles. The SMILES string of the molecule is CCOc1cc2c(cc1OCC)C1(CCC(C(=O)N3CCN(c4ncnc5c4cnn5Cc4cccc(CC)n4)CC3)CC1)N(C(=O)CN(C)C)CC2. The van der Waals surface area contributed by atoms with Crippen molar-refractivity contribution in [2.45, 2.75) is 71.4 Å². The number of piperazine rings is 1. The molecule has 1 aromatic carbocycles. The number of aryl methyl sites for hydroxylation is 1. The Kier molecular flexibility index (Phi) is 10.8. The summed E-state index contributed by atoms with van der Waals surface area (Å²) in [4.78, 5) is 50.2. The van der Waals surface area contributed by atoms with Gasteiger partial charge in [0.2, 0.25) is 11.8 Å². The normalized spacial score (nSPS) is 20.3. The molecule has 0 radical (unpaired) electrons. The molecule has 13 nitrogen and oxygen atoms in total. The Bertz CT molecular complexity index is 1930. The molecule has 2 aliphatic heterocycles. The number of anilines is 1. The summed E-state index contributed by atoms with van der Waals surface area (Å²) in [6.07, 6.45) is 8.01. The van der Waals surface area contributed by atoms with Gasteiger partial charge in [0.1, 0.15) is 12.1 Å². The van der Waals surface area contributed by atoms with Crippen LogP contribution >= 0.6 is 0 Å². The third-order valence-electron chi connectivity index (χ3n) is 11.1. The fourth-order valence-electron chi connectivity index (χ4n) is 8.58. The number of aromatic nitrogens is 5. The van der Waals surface area contributed by atoms with Crippen molar-refractivity contribution >= 4 is 28.7 Å². The largest absolute Gasteiger partial charge is 0.490 e. The van der Waals surface area contributed by atoms with Gasteiger partial charge in [-0.05, 0) is 102 Å². The highest BCUT2D eigenvalue weighted by atomic mass is 16.5. The van der Waals surface area contributed by atoms with Crippen LogP contribution in [0.2, 0.25) is 0 Å². The second-order valence-electron chi connectivity index (χ2n) is 14.7. The summed E-state index contributed by atoms with van der Waals surface area (Å²) in [5, 5.41) is 5.56. The Balaban J connectivity index is 1.04. The molecule has 7 rings (SSSR count).